The van der Waals surface area contributed by atoms with Crippen molar-refractivity contribution in [1.29, 1.82) is 0 Å². The van der Waals surface area contributed by atoms with E-state index >= 15 is 0 Å². The Labute approximate surface area is 150 Å². The molecule has 2 aliphatic carbocycles. The van der Waals surface area contributed by atoms with E-state index in [1.807, 2.05) is 24.3 Å². The van der Waals surface area contributed by atoms with Crippen molar-refractivity contribution in [3.63, 3.8) is 0 Å². The number of fused-ring (bicyclic) bond motifs is 1. The Morgan fingerprint density at radius 1 is 1.00 bits per heavy atom. The zero-order chi connectivity index (χ0) is 17.7. The summed E-state index contributed by atoms with van der Waals surface area (Å²) < 4.78 is 13.4. The molecule has 0 radical (unpaired) electrons. The van der Waals surface area contributed by atoms with Crippen molar-refractivity contribution in [1.82, 2.24) is 0 Å². The van der Waals surface area contributed by atoms with Gasteiger partial charge in [0.1, 0.15) is 11.4 Å². The zero-order valence-corrected chi connectivity index (χ0v) is 15.9. The maximum atomic E-state index is 11.7. The van der Waals surface area contributed by atoms with Crippen LogP contribution in [0.15, 0.2) is 24.3 Å². The van der Waals surface area contributed by atoms with Crippen LogP contribution in [0.25, 0.3) is 0 Å². The molecule has 0 unspecified atom stereocenters. The van der Waals surface area contributed by atoms with Gasteiger partial charge in [-0.2, -0.15) is 0 Å². The summed E-state index contributed by atoms with van der Waals surface area (Å²) in [6, 6.07) is 8.03. The molecule has 2 saturated carbocycles. The van der Waals surface area contributed by atoms with Gasteiger partial charge in [0.2, 0.25) is 0 Å². The SMILES string of the molecule is CC1(C)CCC[C@]2(C)[C@]34CO[C@]12CC[C@]3(C)Oc1ccccc1[C@@H]4O. The maximum Gasteiger partial charge on any atom is 0.125 e. The number of hydrogen-bond acceptors (Lipinski definition) is 3. The van der Waals surface area contributed by atoms with E-state index in [2.05, 4.69) is 27.7 Å². The molecule has 0 aromatic heterocycles. The summed E-state index contributed by atoms with van der Waals surface area (Å²) in [4.78, 5) is 0. The molecule has 5 atom stereocenters. The summed E-state index contributed by atoms with van der Waals surface area (Å²) in [5.41, 5.74) is 0.0519. The Kier molecular flexibility index (Phi) is 2.86. The predicted octanol–water partition coefficient (Wildman–Crippen LogP) is 4.64. The van der Waals surface area contributed by atoms with Crippen LogP contribution in [0.3, 0.4) is 0 Å². The molecule has 1 aromatic carbocycles. The van der Waals surface area contributed by atoms with Crippen LogP contribution in [0, 0.1) is 16.2 Å². The normalized spacial score (nSPS) is 49.6. The van der Waals surface area contributed by atoms with Gasteiger partial charge in [-0.1, -0.05) is 45.4 Å². The molecule has 1 aromatic rings. The van der Waals surface area contributed by atoms with Gasteiger partial charge in [0.15, 0.2) is 0 Å². The van der Waals surface area contributed by atoms with Crippen molar-refractivity contribution >= 4 is 0 Å². The summed E-state index contributed by atoms with van der Waals surface area (Å²) in [5.74, 6) is 0.848. The molecular formula is C22H30O3. The molecule has 25 heavy (non-hydrogen) atoms. The average Bonchev–Trinajstić information content (AvgIpc) is 2.73. The highest BCUT2D eigenvalue weighted by Gasteiger charge is 2.82. The standard InChI is InChI=1S/C22H30O3/c1-18(2)10-7-11-19(3)21-14-24-22(18,19)13-12-20(21,4)25-16-9-6-5-8-15(16)17(21)23/h5-6,8-9,17,23H,7,10-14H2,1-4H3/t17-,19+,20-,21+,22+/m0/s1. The Morgan fingerprint density at radius 3 is 2.56 bits per heavy atom. The minimum Gasteiger partial charge on any atom is -0.486 e. The third-order valence-electron chi connectivity index (χ3n) is 8.91. The molecule has 1 N–H and O–H groups in total. The van der Waals surface area contributed by atoms with E-state index in [-0.39, 0.29) is 27.4 Å². The van der Waals surface area contributed by atoms with Crippen molar-refractivity contribution < 1.29 is 14.6 Å². The van der Waals surface area contributed by atoms with Crippen LogP contribution in [0.2, 0.25) is 0 Å². The molecule has 136 valence electrons. The third kappa shape index (κ3) is 1.46. The van der Waals surface area contributed by atoms with Crippen molar-refractivity contribution in [2.24, 2.45) is 16.2 Å². The Hall–Kier alpha value is -1.06. The van der Waals surface area contributed by atoms with Gasteiger partial charge < -0.3 is 14.6 Å². The number of aliphatic hydroxyl groups excluding tert-OH is 1. The summed E-state index contributed by atoms with van der Waals surface area (Å²) in [6.07, 6.45) is 4.92. The van der Waals surface area contributed by atoms with Crippen LogP contribution >= 0.6 is 0 Å². The molecule has 2 aliphatic heterocycles. The van der Waals surface area contributed by atoms with E-state index in [0.717, 1.165) is 30.6 Å². The Balaban J connectivity index is 1.78. The van der Waals surface area contributed by atoms with Gasteiger partial charge in [0.25, 0.3) is 0 Å². The smallest absolute Gasteiger partial charge is 0.125 e. The lowest BCUT2D eigenvalue weighted by atomic mass is 9.37. The van der Waals surface area contributed by atoms with Crippen molar-refractivity contribution in [3.05, 3.63) is 29.8 Å². The third-order valence-corrected chi connectivity index (χ3v) is 8.91. The molecule has 0 amide bonds. The topological polar surface area (TPSA) is 38.7 Å². The van der Waals surface area contributed by atoms with Crippen LogP contribution < -0.4 is 4.74 Å². The van der Waals surface area contributed by atoms with Gasteiger partial charge in [-0.05, 0) is 44.1 Å². The highest BCUT2D eigenvalue weighted by molar-refractivity contribution is 5.44. The molecule has 2 bridgehead atoms. The van der Waals surface area contributed by atoms with Crippen molar-refractivity contribution in [2.75, 3.05) is 6.61 Å². The van der Waals surface area contributed by atoms with Gasteiger partial charge in [-0.25, -0.2) is 0 Å². The van der Waals surface area contributed by atoms with E-state index in [1.165, 1.54) is 12.8 Å². The second-order valence-electron chi connectivity index (χ2n) is 9.93. The first-order valence-electron chi connectivity index (χ1n) is 9.83. The second kappa shape index (κ2) is 4.43. The number of hydrogen-bond donors (Lipinski definition) is 1. The molecule has 1 saturated heterocycles. The average molecular weight is 342 g/mol. The second-order valence-corrected chi connectivity index (χ2v) is 9.93. The maximum absolute atomic E-state index is 11.7. The van der Waals surface area contributed by atoms with Crippen LogP contribution in [0.4, 0.5) is 0 Å². The highest BCUT2D eigenvalue weighted by atomic mass is 16.5. The lowest BCUT2D eigenvalue weighted by Gasteiger charge is -2.68. The van der Waals surface area contributed by atoms with E-state index in [9.17, 15) is 5.11 Å². The predicted molar refractivity (Wildman–Crippen MR) is 96.5 cm³/mol. The Bertz CT molecular complexity index is 743. The number of para-hydroxylation sites is 1. The zero-order valence-electron chi connectivity index (χ0n) is 15.9. The van der Waals surface area contributed by atoms with E-state index in [1.54, 1.807) is 0 Å². The first-order chi connectivity index (χ1) is 11.7. The largest absolute Gasteiger partial charge is 0.486 e. The number of rotatable bonds is 0. The van der Waals surface area contributed by atoms with E-state index in [0.29, 0.717) is 6.61 Å². The minimum atomic E-state index is -0.538. The van der Waals surface area contributed by atoms with Gasteiger partial charge in [-0.15, -0.1) is 0 Å². The van der Waals surface area contributed by atoms with Gasteiger partial charge >= 0.3 is 0 Å². The number of aliphatic hydroxyl groups is 1. The summed E-state index contributed by atoms with van der Waals surface area (Å²) in [7, 11) is 0. The highest BCUT2D eigenvalue weighted by Crippen LogP contribution is 2.78. The molecule has 4 aliphatic rings. The lowest BCUT2D eigenvalue weighted by Crippen LogP contribution is -2.73. The van der Waals surface area contributed by atoms with Crippen LogP contribution in [0.5, 0.6) is 5.75 Å². The Morgan fingerprint density at radius 2 is 1.76 bits per heavy atom. The molecule has 3 nitrogen and oxygen atoms in total. The van der Waals surface area contributed by atoms with Crippen molar-refractivity contribution in [3.8, 4) is 5.75 Å². The molecular weight excluding hydrogens is 312 g/mol. The van der Waals surface area contributed by atoms with Gasteiger partial charge in [0.05, 0.1) is 23.7 Å². The first-order valence-corrected chi connectivity index (χ1v) is 9.83. The molecule has 5 rings (SSSR count). The molecule has 3 fully saturated rings. The number of ether oxygens (including phenoxy) is 2. The first kappa shape index (κ1) is 16.1. The quantitative estimate of drug-likeness (QED) is 0.747. The van der Waals surface area contributed by atoms with Crippen molar-refractivity contribution in [2.45, 2.75) is 77.1 Å². The molecule has 2 heterocycles. The monoisotopic (exact) mass is 342 g/mol. The number of benzene rings is 1. The van der Waals surface area contributed by atoms with E-state index < -0.39 is 6.10 Å². The van der Waals surface area contributed by atoms with Gasteiger partial charge in [-0.3, -0.25) is 0 Å². The fraction of sp³-hybridized carbons (Fsp3) is 0.727. The van der Waals surface area contributed by atoms with E-state index in [4.69, 9.17) is 9.47 Å². The molecule has 1 spiro atoms. The lowest BCUT2D eigenvalue weighted by molar-refractivity contribution is -0.257. The minimum absolute atomic E-state index is 0.0816. The molecule has 3 heteroatoms. The van der Waals surface area contributed by atoms with Gasteiger partial charge in [0, 0.05) is 11.0 Å². The summed E-state index contributed by atoms with van der Waals surface area (Å²) >= 11 is 0. The summed E-state index contributed by atoms with van der Waals surface area (Å²) in [5, 5.41) is 11.7. The van der Waals surface area contributed by atoms with Crippen LogP contribution in [0.1, 0.15) is 71.5 Å². The summed E-state index contributed by atoms with van der Waals surface area (Å²) in [6.45, 7) is 9.95. The van der Waals surface area contributed by atoms with Crippen LogP contribution in [-0.2, 0) is 4.74 Å². The van der Waals surface area contributed by atoms with Crippen LogP contribution in [-0.4, -0.2) is 22.9 Å². The fourth-order valence-corrected chi connectivity index (χ4v) is 7.55. The fourth-order valence-electron chi connectivity index (χ4n) is 7.55.